The first kappa shape index (κ1) is 13.0. The molecule has 0 spiro atoms. The van der Waals surface area contributed by atoms with Crippen molar-refractivity contribution in [2.24, 2.45) is 7.05 Å². The molecule has 3 atom stereocenters. The molecule has 0 aromatic carbocycles. The van der Waals surface area contributed by atoms with Crippen LogP contribution in [0.2, 0.25) is 0 Å². The second-order valence-electron chi connectivity index (χ2n) is 5.48. The number of aryl methyl sites for hydroxylation is 1. The Hall–Kier alpha value is -0.980. The number of ether oxygens (including phenoxy) is 1. The van der Waals surface area contributed by atoms with E-state index in [2.05, 4.69) is 27.5 Å². The molecule has 0 amide bonds. The summed E-state index contributed by atoms with van der Waals surface area (Å²) in [6, 6.07) is 0.815. The molecular formula is C13H23N5O. The van der Waals surface area contributed by atoms with Gasteiger partial charge < -0.3 is 10.1 Å². The van der Waals surface area contributed by atoms with E-state index in [1.165, 1.54) is 19.4 Å². The Morgan fingerprint density at radius 1 is 1.58 bits per heavy atom. The fourth-order valence-electron chi connectivity index (χ4n) is 3.27. The maximum absolute atomic E-state index is 6.11. The zero-order chi connectivity index (χ0) is 13.2. The highest BCUT2D eigenvalue weighted by Crippen LogP contribution is 2.28. The monoisotopic (exact) mass is 265 g/mol. The van der Waals surface area contributed by atoms with Gasteiger partial charge in [0.1, 0.15) is 0 Å². The van der Waals surface area contributed by atoms with Crippen molar-refractivity contribution < 1.29 is 4.74 Å². The fourth-order valence-corrected chi connectivity index (χ4v) is 3.27. The first-order valence-electron chi connectivity index (χ1n) is 7.23. The Morgan fingerprint density at radius 3 is 3.21 bits per heavy atom. The zero-order valence-corrected chi connectivity index (χ0v) is 11.7. The molecule has 3 unspecified atom stereocenters. The second kappa shape index (κ2) is 5.56. The summed E-state index contributed by atoms with van der Waals surface area (Å²) in [5.74, 6) is 0. The molecule has 2 saturated heterocycles. The topological polar surface area (TPSA) is 55.2 Å². The summed E-state index contributed by atoms with van der Waals surface area (Å²) in [7, 11) is 1.94. The van der Waals surface area contributed by atoms with Crippen molar-refractivity contribution in [2.45, 2.75) is 38.0 Å². The van der Waals surface area contributed by atoms with Gasteiger partial charge in [0.25, 0.3) is 0 Å². The smallest absolute Gasteiger partial charge is 0.0913 e. The van der Waals surface area contributed by atoms with Gasteiger partial charge in [-0.25, -0.2) is 0 Å². The number of likely N-dealkylation sites (N-methyl/N-ethyl adjacent to an activating group) is 1. The van der Waals surface area contributed by atoms with Gasteiger partial charge in [-0.15, -0.1) is 5.10 Å². The highest BCUT2D eigenvalue weighted by Gasteiger charge is 2.37. The lowest BCUT2D eigenvalue weighted by atomic mass is 10.0. The fraction of sp³-hybridized carbons (Fsp3) is 0.846. The zero-order valence-electron chi connectivity index (χ0n) is 11.7. The van der Waals surface area contributed by atoms with Crippen molar-refractivity contribution in [2.75, 3.05) is 26.2 Å². The van der Waals surface area contributed by atoms with Crippen molar-refractivity contribution in [1.29, 1.82) is 0 Å². The predicted octanol–water partition coefficient (Wildman–Crippen LogP) is 0.329. The summed E-state index contributed by atoms with van der Waals surface area (Å²) < 4.78 is 7.95. The number of nitrogens with zero attached hydrogens (tertiary/aromatic N) is 4. The summed E-state index contributed by atoms with van der Waals surface area (Å²) in [5, 5.41) is 11.6. The van der Waals surface area contributed by atoms with Gasteiger partial charge in [-0.05, 0) is 25.9 Å². The van der Waals surface area contributed by atoms with E-state index in [0.29, 0.717) is 6.04 Å². The number of aromatic nitrogens is 3. The minimum absolute atomic E-state index is 0.173. The Balaban J connectivity index is 1.75. The molecule has 0 radical (unpaired) electrons. The third kappa shape index (κ3) is 2.52. The van der Waals surface area contributed by atoms with Crippen molar-refractivity contribution >= 4 is 0 Å². The van der Waals surface area contributed by atoms with Crippen LogP contribution in [0.4, 0.5) is 0 Å². The summed E-state index contributed by atoms with van der Waals surface area (Å²) in [4.78, 5) is 2.57. The number of hydrogen-bond acceptors (Lipinski definition) is 5. The van der Waals surface area contributed by atoms with Gasteiger partial charge in [-0.1, -0.05) is 12.1 Å². The minimum atomic E-state index is 0.173. The minimum Gasteiger partial charge on any atom is -0.373 e. The van der Waals surface area contributed by atoms with Crippen molar-refractivity contribution in [1.82, 2.24) is 25.2 Å². The van der Waals surface area contributed by atoms with E-state index >= 15 is 0 Å². The highest BCUT2D eigenvalue weighted by atomic mass is 16.5. The molecule has 19 heavy (non-hydrogen) atoms. The van der Waals surface area contributed by atoms with E-state index in [9.17, 15) is 0 Å². The largest absolute Gasteiger partial charge is 0.373 e. The van der Waals surface area contributed by atoms with Gasteiger partial charge in [0.2, 0.25) is 0 Å². The molecule has 0 saturated carbocycles. The lowest BCUT2D eigenvalue weighted by Gasteiger charge is -2.38. The molecule has 2 fully saturated rings. The average Bonchev–Trinajstić information content (AvgIpc) is 3.03. The Labute approximate surface area is 114 Å². The van der Waals surface area contributed by atoms with E-state index in [-0.39, 0.29) is 12.1 Å². The molecule has 2 aliphatic heterocycles. The van der Waals surface area contributed by atoms with E-state index in [0.717, 1.165) is 25.4 Å². The van der Waals surface area contributed by atoms with Crippen LogP contribution in [-0.2, 0) is 11.8 Å². The number of rotatable bonds is 4. The SMILES string of the molecule is CCNC(c1cnnn1C)C1CN2CCCC2CO1. The lowest BCUT2D eigenvalue weighted by molar-refractivity contribution is -0.0661. The van der Waals surface area contributed by atoms with Crippen molar-refractivity contribution in [3.05, 3.63) is 11.9 Å². The van der Waals surface area contributed by atoms with Gasteiger partial charge in [-0.3, -0.25) is 9.58 Å². The summed E-state index contributed by atoms with van der Waals surface area (Å²) in [6.07, 6.45) is 4.62. The Bertz CT molecular complexity index is 421. The van der Waals surface area contributed by atoms with Gasteiger partial charge >= 0.3 is 0 Å². The van der Waals surface area contributed by atoms with Gasteiger partial charge in [0, 0.05) is 19.6 Å². The van der Waals surface area contributed by atoms with Crippen LogP contribution in [-0.4, -0.2) is 58.3 Å². The Kier molecular flexibility index (Phi) is 3.81. The molecule has 106 valence electrons. The number of morpholine rings is 1. The van der Waals surface area contributed by atoms with E-state index < -0.39 is 0 Å². The third-order valence-corrected chi connectivity index (χ3v) is 4.28. The first-order chi connectivity index (χ1) is 9.29. The average molecular weight is 265 g/mol. The lowest BCUT2D eigenvalue weighted by Crippen LogP contribution is -2.51. The standard InChI is InChI=1S/C13H23N5O/c1-3-14-13(11-7-15-16-17(11)2)12-8-18-6-4-5-10(18)9-19-12/h7,10,12-14H,3-6,8-9H2,1-2H3. The highest BCUT2D eigenvalue weighted by molar-refractivity contribution is 5.06. The maximum atomic E-state index is 6.11. The van der Waals surface area contributed by atoms with Crippen molar-refractivity contribution in [3.8, 4) is 0 Å². The van der Waals surface area contributed by atoms with Gasteiger partial charge in [0.05, 0.1) is 30.6 Å². The van der Waals surface area contributed by atoms with Crippen LogP contribution in [0.15, 0.2) is 6.20 Å². The quantitative estimate of drug-likeness (QED) is 0.850. The normalized spacial score (nSPS) is 29.4. The van der Waals surface area contributed by atoms with Crippen LogP contribution in [0, 0.1) is 0 Å². The van der Waals surface area contributed by atoms with E-state index in [1.54, 1.807) is 0 Å². The molecule has 0 bridgehead atoms. The predicted molar refractivity (Wildman–Crippen MR) is 71.8 cm³/mol. The van der Waals surface area contributed by atoms with Crippen LogP contribution in [0.1, 0.15) is 31.5 Å². The number of nitrogens with one attached hydrogen (secondary N) is 1. The number of fused-ring (bicyclic) bond motifs is 1. The first-order valence-corrected chi connectivity index (χ1v) is 7.23. The molecule has 3 heterocycles. The molecule has 1 N–H and O–H groups in total. The Morgan fingerprint density at radius 2 is 2.47 bits per heavy atom. The summed E-state index contributed by atoms with van der Waals surface area (Å²) in [5.41, 5.74) is 1.10. The third-order valence-electron chi connectivity index (χ3n) is 4.28. The molecule has 6 heteroatoms. The van der Waals surface area contributed by atoms with Crippen LogP contribution in [0.5, 0.6) is 0 Å². The van der Waals surface area contributed by atoms with Gasteiger partial charge in [0.15, 0.2) is 0 Å². The molecule has 1 aromatic heterocycles. The molecule has 1 aromatic rings. The molecule has 6 nitrogen and oxygen atoms in total. The summed E-state index contributed by atoms with van der Waals surface area (Å²) in [6.45, 7) is 6.12. The molecule has 2 aliphatic rings. The summed E-state index contributed by atoms with van der Waals surface area (Å²) >= 11 is 0. The van der Waals surface area contributed by atoms with Crippen LogP contribution >= 0.6 is 0 Å². The number of hydrogen-bond donors (Lipinski definition) is 1. The second-order valence-corrected chi connectivity index (χ2v) is 5.48. The van der Waals surface area contributed by atoms with Crippen LogP contribution in [0.25, 0.3) is 0 Å². The van der Waals surface area contributed by atoms with E-state index in [1.807, 2.05) is 17.9 Å². The molecular weight excluding hydrogens is 242 g/mol. The van der Waals surface area contributed by atoms with Crippen LogP contribution in [0.3, 0.4) is 0 Å². The van der Waals surface area contributed by atoms with Crippen molar-refractivity contribution in [3.63, 3.8) is 0 Å². The van der Waals surface area contributed by atoms with E-state index in [4.69, 9.17) is 4.74 Å². The molecule has 3 rings (SSSR count). The molecule has 0 aliphatic carbocycles. The maximum Gasteiger partial charge on any atom is 0.0913 e. The van der Waals surface area contributed by atoms with Crippen LogP contribution < -0.4 is 5.32 Å². The van der Waals surface area contributed by atoms with Gasteiger partial charge in [-0.2, -0.15) is 0 Å².